The summed E-state index contributed by atoms with van der Waals surface area (Å²) in [4.78, 5) is 40.4. The fourth-order valence-electron chi connectivity index (χ4n) is 2.93. The number of rotatable bonds is 4. The molecule has 0 bridgehead atoms. The lowest BCUT2D eigenvalue weighted by atomic mass is 10.1. The lowest BCUT2D eigenvalue weighted by Gasteiger charge is -2.22. The molecule has 26 heavy (non-hydrogen) atoms. The number of nitrogens with zero attached hydrogens (tertiary/aromatic N) is 2. The molecule has 0 aliphatic carbocycles. The second-order valence-corrected chi connectivity index (χ2v) is 6.55. The first kappa shape index (κ1) is 18.1. The molecule has 1 aliphatic heterocycles. The van der Waals surface area contributed by atoms with Crippen LogP contribution in [-0.2, 0) is 16.1 Å². The number of halogens is 1. The molecule has 3 rings (SSSR count). The fraction of sp³-hybridized carbons (Fsp3) is 0.250. The molecule has 2 amide bonds. The van der Waals surface area contributed by atoms with Crippen molar-refractivity contribution in [2.24, 2.45) is 0 Å². The largest absolute Gasteiger partial charge is 0.336 e. The van der Waals surface area contributed by atoms with E-state index in [9.17, 15) is 14.4 Å². The summed E-state index contributed by atoms with van der Waals surface area (Å²) in [6, 6.07) is 15.8. The zero-order chi connectivity index (χ0) is 18.5. The zero-order valence-corrected chi connectivity index (χ0v) is 15.0. The van der Waals surface area contributed by atoms with E-state index in [2.05, 4.69) is 0 Å². The maximum absolute atomic E-state index is 12.5. The van der Waals surface area contributed by atoms with Gasteiger partial charge < -0.3 is 9.80 Å². The number of benzene rings is 2. The van der Waals surface area contributed by atoms with Crippen molar-refractivity contribution in [1.82, 2.24) is 9.80 Å². The Hall–Kier alpha value is -2.66. The number of hydrogen-bond donors (Lipinski definition) is 0. The van der Waals surface area contributed by atoms with E-state index < -0.39 is 11.7 Å². The first-order valence-electron chi connectivity index (χ1n) is 8.46. The van der Waals surface area contributed by atoms with Crippen LogP contribution in [0.4, 0.5) is 0 Å². The highest BCUT2D eigenvalue weighted by Crippen LogP contribution is 2.18. The molecular formula is C20H19ClN2O3. The van der Waals surface area contributed by atoms with Gasteiger partial charge in [0, 0.05) is 43.2 Å². The van der Waals surface area contributed by atoms with E-state index >= 15 is 0 Å². The monoisotopic (exact) mass is 370 g/mol. The van der Waals surface area contributed by atoms with E-state index in [4.69, 9.17) is 11.6 Å². The van der Waals surface area contributed by atoms with Crippen LogP contribution in [0.5, 0.6) is 0 Å². The Morgan fingerprint density at radius 2 is 1.62 bits per heavy atom. The van der Waals surface area contributed by atoms with Gasteiger partial charge >= 0.3 is 0 Å². The van der Waals surface area contributed by atoms with Crippen molar-refractivity contribution < 1.29 is 14.4 Å². The summed E-state index contributed by atoms with van der Waals surface area (Å²) in [5.41, 5.74) is 1.23. The molecule has 1 aliphatic rings. The van der Waals surface area contributed by atoms with E-state index in [1.165, 1.54) is 4.90 Å². The van der Waals surface area contributed by atoms with Gasteiger partial charge in [-0.2, -0.15) is 0 Å². The van der Waals surface area contributed by atoms with Gasteiger partial charge in [0.05, 0.1) is 0 Å². The van der Waals surface area contributed by atoms with E-state index in [0.717, 1.165) is 5.56 Å². The summed E-state index contributed by atoms with van der Waals surface area (Å²) in [5.74, 6) is -1.16. The number of carbonyl (C=O) groups is 3. The van der Waals surface area contributed by atoms with Crippen molar-refractivity contribution in [3.8, 4) is 0 Å². The van der Waals surface area contributed by atoms with Crippen LogP contribution >= 0.6 is 11.6 Å². The van der Waals surface area contributed by atoms with Crippen molar-refractivity contribution in [3.63, 3.8) is 0 Å². The average molecular weight is 371 g/mol. The highest BCUT2D eigenvalue weighted by Gasteiger charge is 2.28. The van der Waals surface area contributed by atoms with Crippen LogP contribution in [0.1, 0.15) is 22.3 Å². The van der Waals surface area contributed by atoms with Crippen molar-refractivity contribution >= 4 is 29.2 Å². The van der Waals surface area contributed by atoms with Crippen LogP contribution in [0.2, 0.25) is 5.02 Å². The summed E-state index contributed by atoms with van der Waals surface area (Å²) in [6.45, 7) is 1.34. The Kier molecular flexibility index (Phi) is 5.68. The lowest BCUT2D eigenvalue weighted by molar-refractivity contribution is -0.130. The van der Waals surface area contributed by atoms with Crippen molar-refractivity contribution in [3.05, 3.63) is 70.7 Å². The van der Waals surface area contributed by atoms with Crippen LogP contribution in [0.15, 0.2) is 54.6 Å². The van der Waals surface area contributed by atoms with Crippen LogP contribution in [0.25, 0.3) is 0 Å². The SMILES string of the molecule is O=C(C(=O)N1CCC(=O)N(Cc2ccccc2Cl)CC1)c1ccccc1. The number of amides is 2. The smallest absolute Gasteiger partial charge is 0.295 e. The topological polar surface area (TPSA) is 57.7 Å². The molecular weight excluding hydrogens is 352 g/mol. The van der Waals surface area contributed by atoms with Crippen molar-refractivity contribution in [1.29, 1.82) is 0 Å². The molecule has 134 valence electrons. The van der Waals surface area contributed by atoms with Crippen LogP contribution in [0, 0.1) is 0 Å². The van der Waals surface area contributed by atoms with E-state index in [0.29, 0.717) is 30.2 Å². The molecule has 2 aromatic carbocycles. The highest BCUT2D eigenvalue weighted by molar-refractivity contribution is 6.42. The fourth-order valence-corrected chi connectivity index (χ4v) is 3.12. The second kappa shape index (κ2) is 8.15. The minimum absolute atomic E-state index is 0.0487. The van der Waals surface area contributed by atoms with Gasteiger partial charge in [0.2, 0.25) is 11.7 Å². The molecule has 1 fully saturated rings. The number of hydrogen-bond acceptors (Lipinski definition) is 3. The molecule has 6 heteroatoms. The van der Waals surface area contributed by atoms with Crippen molar-refractivity contribution in [2.45, 2.75) is 13.0 Å². The van der Waals surface area contributed by atoms with E-state index in [1.807, 2.05) is 18.2 Å². The Labute approximate surface area is 157 Å². The third kappa shape index (κ3) is 4.11. The first-order chi connectivity index (χ1) is 12.6. The second-order valence-electron chi connectivity index (χ2n) is 6.14. The molecule has 0 unspecified atom stereocenters. The predicted octanol–water partition coefficient (Wildman–Crippen LogP) is 2.78. The molecule has 0 saturated carbocycles. The summed E-state index contributed by atoms with van der Waals surface area (Å²) in [5, 5.41) is 0.608. The number of ketones is 1. The normalized spacial score (nSPS) is 14.9. The summed E-state index contributed by atoms with van der Waals surface area (Å²) >= 11 is 6.17. The number of carbonyl (C=O) groups excluding carboxylic acids is 3. The molecule has 0 atom stereocenters. The number of Topliss-reactive ketones (excluding diaryl/α,β-unsaturated/α-hetero) is 1. The van der Waals surface area contributed by atoms with E-state index in [-0.39, 0.29) is 18.9 Å². The molecule has 1 heterocycles. The van der Waals surface area contributed by atoms with Gasteiger partial charge in [-0.1, -0.05) is 60.1 Å². The standard InChI is InChI=1S/C20H19ClN2O3/c21-17-9-5-4-8-16(17)14-23-13-12-22(11-10-18(23)24)20(26)19(25)15-6-2-1-3-7-15/h1-9H,10-14H2. The van der Waals surface area contributed by atoms with Gasteiger partial charge in [-0.05, 0) is 11.6 Å². The summed E-state index contributed by atoms with van der Waals surface area (Å²) in [6.07, 6.45) is 0.193. The summed E-state index contributed by atoms with van der Waals surface area (Å²) in [7, 11) is 0. The molecule has 0 N–H and O–H groups in total. The maximum atomic E-state index is 12.5. The average Bonchev–Trinajstić information content (AvgIpc) is 2.85. The molecule has 0 aromatic heterocycles. The lowest BCUT2D eigenvalue weighted by Crippen LogP contribution is -2.39. The van der Waals surface area contributed by atoms with Gasteiger partial charge in [0.1, 0.15) is 0 Å². The van der Waals surface area contributed by atoms with Gasteiger partial charge in [-0.3, -0.25) is 14.4 Å². The van der Waals surface area contributed by atoms with Gasteiger partial charge in [0.25, 0.3) is 5.91 Å². The van der Waals surface area contributed by atoms with Gasteiger partial charge in [0.15, 0.2) is 0 Å². The maximum Gasteiger partial charge on any atom is 0.295 e. The van der Waals surface area contributed by atoms with Crippen LogP contribution < -0.4 is 0 Å². The quantitative estimate of drug-likeness (QED) is 0.614. The predicted molar refractivity (Wildman–Crippen MR) is 98.8 cm³/mol. The van der Waals surface area contributed by atoms with Gasteiger partial charge in [-0.15, -0.1) is 0 Å². The van der Waals surface area contributed by atoms with E-state index in [1.54, 1.807) is 41.3 Å². The molecule has 5 nitrogen and oxygen atoms in total. The Morgan fingerprint density at radius 3 is 2.35 bits per heavy atom. The van der Waals surface area contributed by atoms with Crippen LogP contribution in [-0.4, -0.2) is 47.0 Å². The first-order valence-corrected chi connectivity index (χ1v) is 8.84. The zero-order valence-electron chi connectivity index (χ0n) is 14.2. The van der Waals surface area contributed by atoms with Crippen LogP contribution in [0.3, 0.4) is 0 Å². The minimum Gasteiger partial charge on any atom is -0.336 e. The molecule has 0 spiro atoms. The Balaban J connectivity index is 1.67. The molecule has 1 saturated heterocycles. The highest BCUT2D eigenvalue weighted by atomic mass is 35.5. The van der Waals surface area contributed by atoms with Crippen molar-refractivity contribution in [2.75, 3.05) is 19.6 Å². The Morgan fingerprint density at radius 1 is 0.923 bits per heavy atom. The third-order valence-corrected chi connectivity index (χ3v) is 4.79. The molecule has 0 radical (unpaired) electrons. The van der Waals surface area contributed by atoms with Gasteiger partial charge in [-0.25, -0.2) is 0 Å². The Bertz CT molecular complexity index is 823. The minimum atomic E-state index is -0.566. The third-order valence-electron chi connectivity index (χ3n) is 4.42. The molecule has 2 aromatic rings. The summed E-state index contributed by atoms with van der Waals surface area (Å²) < 4.78 is 0.